The summed E-state index contributed by atoms with van der Waals surface area (Å²) in [5, 5.41) is 24.4. The summed E-state index contributed by atoms with van der Waals surface area (Å²) >= 11 is 1.61. The number of aromatic nitrogens is 3. The molecule has 1 N–H and O–H groups in total. The number of hydrogen-bond acceptors (Lipinski definition) is 8. The van der Waals surface area contributed by atoms with Crippen LogP contribution in [0.15, 0.2) is 22.1 Å². The van der Waals surface area contributed by atoms with E-state index in [1.807, 2.05) is 12.3 Å². The Kier molecular flexibility index (Phi) is 3.48. The Bertz CT molecular complexity index is 797. The smallest absolute Gasteiger partial charge is 0.300 e. The summed E-state index contributed by atoms with van der Waals surface area (Å²) in [6.45, 7) is 2.60. The van der Waals surface area contributed by atoms with Crippen LogP contribution in [0.1, 0.15) is 10.7 Å². The van der Waals surface area contributed by atoms with Gasteiger partial charge in [-0.3, -0.25) is 10.1 Å². The van der Waals surface area contributed by atoms with Crippen LogP contribution in [0.3, 0.4) is 0 Å². The molecule has 2 aromatic heterocycles. The molecule has 0 aliphatic rings. The number of nitrogens with zero attached hydrogens (tertiary/aromatic N) is 4. The minimum atomic E-state index is -0.506. The number of nitrogens with one attached hydrogen (secondary N) is 1. The number of benzene rings is 1. The largest absolute Gasteiger partial charge is 0.383 e. The van der Waals surface area contributed by atoms with Gasteiger partial charge >= 0.3 is 5.69 Å². The lowest BCUT2D eigenvalue weighted by atomic mass is 10.2. The van der Waals surface area contributed by atoms with Crippen molar-refractivity contribution in [3.05, 3.63) is 38.3 Å². The van der Waals surface area contributed by atoms with Crippen molar-refractivity contribution in [3.63, 3.8) is 0 Å². The molecule has 3 rings (SSSR count). The van der Waals surface area contributed by atoms with Gasteiger partial charge in [-0.1, -0.05) is 0 Å². The monoisotopic (exact) mass is 305 g/mol. The Morgan fingerprint density at radius 3 is 2.90 bits per heavy atom. The topological polar surface area (TPSA) is 107 Å². The van der Waals surface area contributed by atoms with E-state index in [-0.39, 0.29) is 11.2 Å². The Morgan fingerprint density at radius 1 is 1.38 bits per heavy atom. The number of nitro benzene ring substituents is 1. The van der Waals surface area contributed by atoms with Crippen molar-refractivity contribution in [2.24, 2.45) is 0 Å². The predicted octanol–water partition coefficient (Wildman–Crippen LogP) is 2.55. The minimum Gasteiger partial charge on any atom is -0.383 e. The highest BCUT2D eigenvalue weighted by atomic mass is 32.1. The second-order valence-corrected chi connectivity index (χ2v) is 5.45. The quantitative estimate of drug-likeness (QED) is 0.570. The molecule has 0 radical (unpaired) electrons. The number of nitro groups is 1. The molecule has 0 bridgehead atoms. The third-order valence-electron chi connectivity index (χ3n) is 2.95. The zero-order chi connectivity index (χ0) is 14.8. The maximum Gasteiger partial charge on any atom is 0.300 e. The van der Waals surface area contributed by atoms with Gasteiger partial charge in [0.2, 0.25) is 5.52 Å². The maximum atomic E-state index is 10.9. The number of hydrogen-bond donors (Lipinski definition) is 1. The highest BCUT2D eigenvalue weighted by Gasteiger charge is 2.19. The third kappa shape index (κ3) is 2.68. The molecule has 0 saturated heterocycles. The molecule has 0 saturated carbocycles. The van der Waals surface area contributed by atoms with Crippen LogP contribution in [-0.2, 0) is 6.42 Å². The average molecular weight is 305 g/mol. The highest BCUT2D eigenvalue weighted by molar-refractivity contribution is 7.09. The van der Waals surface area contributed by atoms with Gasteiger partial charge < -0.3 is 5.32 Å². The van der Waals surface area contributed by atoms with Crippen molar-refractivity contribution in [2.45, 2.75) is 13.3 Å². The van der Waals surface area contributed by atoms with Crippen molar-refractivity contribution in [1.29, 1.82) is 0 Å². The number of aryl methyl sites for hydroxylation is 1. The summed E-state index contributed by atoms with van der Waals surface area (Å²) in [6, 6.07) is 3.00. The van der Waals surface area contributed by atoms with Gasteiger partial charge in [0.05, 0.1) is 21.3 Å². The highest BCUT2D eigenvalue weighted by Crippen LogP contribution is 2.28. The first-order chi connectivity index (χ1) is 10.1. The molecule has 1 aromatic carbocycles. The number of thiazole rings is 1. The van der Waals surface area contributed by atoms with E-state index in [0.29, 0.717) is 17.7 Å². The third-order valence-corrected chi connectivity index (χ3v) is 3.78. The molecule has 21 heavy (non-hydrogen) atoms. The lowest BCUT2D eigenvalue weighted by molar-refractivity contribution is -0.383. The first-order valence-electron chi connectivity index (χ1n) is 6.19. The van der Waals surface area contributed by atoms with E-state index in [2.05, 4.69) is 25.2 Å². The molecule has 0 amide bonds. The summed E-state index contributed by atoms with van der Waals surface area (Å²) in [5.74, 6) is 0. The summed E-state index contributed by atoms with van der Waals surface area (Å²) in [4.78, 5) is 14.8. The van der Waals surface area contributed by atoms with Crippen molar-refractivity contribution in [2.75, 3.05) is 11.9 Å². The molecule has 9 heteroatoms. The SMILES string of the molecule is Cc1nc(CCNc2ccc([N+](=O)[O-])c3nonc23)cs1. The van der Waals surface area contributed by atoms with Crippen LogP contribution in [-0.4, -0.2) is 26.8 Å². The predicted molar refractivity (Wildman–Crippen MR) is 77.5 cm³/mol. The van der Waals surface area contributed by atoms with Crippen LogP contribution in [0.2, 0.25) is 0 Å². The van der Waals surface area contributed by atoms with E-state index >= 15 is 0 Å². The van der Waals surface area contributed by atoms with Crippen molar-refractivity contribution in [1.82, 2.24) is 15.3 Å². The zero-order valence-corrected chi connectivity index (χ0v) is 11.9. The van der Waals surface area contributed by atoms with E-state index in [9.17, 15) is 10.1 Å². The molecule has 0 fully saturated rings. The van der Waals surface area contributed by atoms with Crippen LogP contribution in [0.4, 0.5) is 11.4 Å². The fourth-order valence-corrected chi connectivity index (χ4v) is 2.64. The molecule has 2 heterocycles. The molecule has 0 spiro atoms. The molecule has 3 aromatic rings. The summed E-state index contributed by atoms with van der Waals surface area (Å²) in [6.07, 6.45) is 0.758. The van der Waals surface area contributed by atoms with Gasteiger partial charge in [-0.05, 0) is 23.3 Å². The van der Waals surface area contributed by atoms with Gasteiger partial charge in [0.15, 0.2) is 5.52 Å². The Morgan fingerprint density at radius 2 is 2.19 bits per heavy atom. The second kappa shape index (κ2) is 5.44. The van der Waals surface area contributed by atoms with Gasteiger partial charge in [-0.25, -0.2) is 9.61 Å². The molecule has 8 nitrogen and oxygen atoms in total. The van der Waals surface area contributed by atoms with Crippen molar-refractivity contribution in [3.8, 4) is 0 Å². The van der Waals surface area contributed by atoms with Crippen molar-refractivity contribution >= 4 is 33.7 Å². The Labute approximate surface area is 122 Å². The molecule has 0 aliphatic carbocycles. The van der Waals surface area contributed by atoms with E-state index in [1.165, 1.54) is 6.07 Å². The second-order valence-electron chi connectivity index (χ2n) is 4.39. The molecule has 0 aliphatic heterocycles. The van der Waals surface area contributed by atoms with E-state index in [1.54, 1.807) is 17.4 Å². The summed E-state index contributed by atoms with van der Waals surface area (Å²) in [7, 11) is 0. The number of rotatable bonds is 5. The first kappa shape index (κ1) is 13.4. The number of anilines is 1. The van der Waals surface area contributed by atoms with Crippen LogP contribution in [0.25, 0.3) is 11.0 Å². The van der Waals surface area contributed by atoms with Gasteiger partial charge in [0, 0.05) is 24.4 Å². The summed E-state index contributed by atoms with van der Waals surface area (Å²) in [5.41, 5.74) is 2.06. The number of non-ortho nitro benzene ring substituents is 1. The van der Waals surface area contributed by atoms with E-state index < -0.39 is 4.92 Å². The fraction of sp³-hybridized carbons (Fsp3) is 0.250. The molecular formula is C12H11N5O3S. The Balaban J connectivity index is 1.77. The lowest BCUT2D eigenvalue weighted by Gasteiger charge is -2.05. The van der Waals surface area contributed by atoms with Gasteiger partial charge in [0.25, 0.3) is 0 Å². The van der Waals surface area contributed by atoms with Gasteiger partial charge in [-0.15, -0.1) is 11.3 Å². The standard InChI is InChI=1S/C12H11N5O3S/c1-7-14-8(6-21-7)4-5-13-9-2-3-10(17(18)19)12-11(9)15-20-16-12/h2-3,6,13H,4-5H2,1H3. The van der Waals surface area contributed by atoms with Crippen molar-refractivity contribution < 1.29 is 9.55 Å². The van der Waals surface area contributed by atoms with Crippen LogP contribution in [0, 0.1) is 17.0 Å². The Hall–Kier alpha value is -2.55. The fourth-order valence-electron chi connectivity index (χ4n) is 1.99. The van der Waals surface area contributed by atoms with Crippen LogP contribution >= 0.6 is 11.3 Å². The molecular weight excluding hydrogens is 294 g/mol. The average Bonchev–Trinajstić information content (AvgIpc) is 3.07. The van der Waals surface area contributed by atoms with Gasteiger partial charge in [-0.2, -0.15) is 0 Å². The maximum absolute atomic E-state index is 10.9. The van der Waals surface area contributed by atoms with E-state index in [0.717, 1.165) is 17.1 Å². The minimum absolute atomic E-state index is 0.119. The number of fused-ring (bicyclic) bond motifs is 1. The van der Waals surface area contributed by atoms with E-state index in [4.69, 9.17) is 0 Å². The molecule has 108 valence electrons. The summed E-state index contributed by atoms with van der Waals surface area (Å²) < 4.78 is 4.61. The first-order valence-corrected chi connectivity index (χ1v) is 7.07. The molecule has 0 unspecified atom stereocenters. The molecule has 0 atom stereocenters. The van der Waals surface area contributed by atoms with Gasteiger partial charge in [0.1, 0.15) is 0 Å². The van der Waals surface area contributed by atoms with Crippen LogP contribution < -0.4 is 5.32 Å². The zero-order valence-electron chi connectivity index (χ0n) is 11.1. The normalized spacial score (nSPS) is 10.9. The van der Waals surface area contributed by atoms with Crippen LogP contribution in [0.5, 0.6) is 0 Å². The lowest BCUT2D eigenvalue weighted by Crippen LogP contribution is -2.06.